The summed E-state index contributed by atoms with van der Waals surface area (Å²) in [6, 6.07) is 14.7. The van der Waals surface area contributed by atoms with E-state index in [0.29, 0.717) is 11.1 Å². The van der Waals surface area contributed by atoms with Crippen molar-refractivity contribution in [2.24, 2.45) is 0 Å². The summed E-state index contributed by atoms with van der Waals surface area (Å²) < 4.78 is 0. The third kappa shape index (κ3) is 2.57. The van der Waals surface area contributed by atoms with Crippen LogP contribution in [0.25, 0.3) is 0 Å². The van der Waals surface area contributed by atoms with E-state index in [1.54, 1.807) is 6.07 Å². The summed E-state index contributed by atoms with van der Waals surface area (Å²) in [6.45, 7) is 1.72. The lowest BCUT2D eigenvalue weighted by Crippen LogP contribution is -2.15. The fraction of sp³-hybridized carbons (Fsp3) is 0.133. The largest absolute Gasteiger partial charge is 0.392 e. The van der Waals surface area contributed by atoms with E-state index >= 15 is 0 Å². The number of para-hydroxylation sites is 1. The fourth-order valence-electron chi connectivity index (χ4n) is 1.90. The maximum Gasteiger partial charge on any atom is 0.256 e. The second-order valence-corrected chi connectivity index (χ2v) is 4.09. The molecule has 0 atom stereocenters. The molecule has 0 bridgehead atoms. The van der Waals surface area contributed by atoms with Gasteiger partial charge in [-0.3, -0.25) is 4.79 Å². The molecule has 92 valence electrons. The van der Waals surface area contributed by atoms with Gasteiger partial charge in [0.15, 0.2) is 0 Å². The Bertz CT molecular complexity index is 550. The number of amides is 1. The number of hydrogen-bond acceptors (Lipinski definition) is 2. The monoisotopic (exact) mass is 241 g/mol. The standard InChI is InChI=1S/C15H15NO2/c1-11-6-5-7-12(10-17)14(11)15(18)16-13-8-3-2-4-9-13/h2-9,17H,10H2,1H3,(H,16,18). The van der Waals surface area contributed by atoms with Crippen LogP contribution in [0.4, 0.5) is 5.69 Å². The Balaban J connectivity index is 2.29. The molecular formula is C15H15NO2. The normalized spacial score (nSPS) is 10.1. The van der Waals surface area contributed by atoms with E-state index < -0.39 is 0 Å². The van der Waals surface area contributed by atoms with Crippen molar-refractivity contribution in [2.75, 3.05) is 5.32 Å². The summed E-state index contributed by atoms with van der Waals surface area (Å²) in [4.78, 5) is 12.2. The van der Waals surface area contributed by atoms with Gasteiger partial charge >= 0.3 is 0 Å². The molecule has 2 aromatic carbocycles. The number of carbonyl (C=O) groups is 1. The molecule has 0 spiro atoms. The second kappa shape index (κ2) is 5.47. The first-order valence-corrected chi connectivity index (χ1v) is 5.78. The molecule has 0 radical (unpaired) electrons. The molecule has 2 aromatic rings. The zero-order valence-electron chi connectivity index (χ0n) is 10.2. The van der Waals surface area contributed by atoms with Crippen LogP contribution in [0.15, 0.2) is 48.5 Å². The lowest BCUT2D eigenvalue weighted by Gasteiger charge is -2.11. The quantitative estimate of drug-likeness (QED) is 0.868. The Kier molecular flexibility index (Phi) is 3.75. The summed E-state index contributed by atoms with van der Waals surface area (Å²) >= 11 is 0. The Hall–Kier alpha value is -2.13. The summed E-state index contributed by atoms with van der Waals surface area (Å²) in [5, 5.41) is 12.1. The SMILES string of the molecule is Cc1cccc(CO)c1C(=O)Nc1ccccc1. The number of carbonyl (C=O) groups excluding carboxylic acids is 1. The van der Waals surface area contributed by atoms with Crippen LogP contribution in [-0.4, -0.2) is 11.0 Å². The zero-order valence-corrected chi connectivity index (χ0v) is 10.2. The predicted octanol–water partition coefficient (Wildman–Crippen LogP) is 2.74. The lowest BCUT2D eigenvalue weighted by atomic mass is 10.0. The van der Waals surface area contributed by atoms with E-state index in [9.17, 15) is 9.90 Å². The molecule has 3 heteroatoms. The van der Waals surface area contributed by atoms with E-state index in [2.05, 4.69) is 5.32 Å². The van der Waals surface area contributed by atoms with Crippen molar-refractivity contribution in [3.63, 3.8) is 0 Å². The molecule has 0 heterocycles. The van der Waals surface area contributed by atoms with Gasteiger partial charge in [0.2, 0.25) is 0 Å². The highest BCUT2D eigenvalue weighted by Gasteiger charge is 2.13. The number of aliphatic hydroxyl groups excluding tert-OH is 1. The maximum absolute atomic E-state index is 12.2. The van der Waals surface area contributed by atoms with Crippen molar-refractivity contribution in [3.05, 3.63) is 65.2 Å². The number of aliphatic hydroxyl groups is 1. The first-order valence-electron chi connectivity index (χ1n) is 5.78. The molecule has 0 aliphatic rings. The summed E-state index contributed by atoms with van der Waals surface area (Å²) in [7, 11) is 0. The Morgan fingerprint density at radius 3 is 2.50 bits per heavy atom. The molecular weight excluding hydrogens is 226 g/mol. The number of anilines is 1. The average molecular weight is 241 g/mol. The van der Waals surface area contributed by atoms with E-state index in [1.165, 1.54) is 0 Å². The highest BCUT2D eigenvalue weighted by molar-refractivity contribution is 6.06. The van der Waals surface area contributed by atoms with Gasteiger partial charge in [0.1, 0.15) is 0 Å². The summed E-state index contributed by atoms with van der Waals surface area (Å²) in [5.41, 5.74) is 2.79. The van der Waals surface area contributed by atoms with Crippen molar-refractivity contribution in [2.45, 2.75) is 13.5 Å². The Morgan fingerprint density at radius 2 is 1.83 bits per heavy atom. The lowest BCUT2D eigenvalue weighted by molar-refractivity contribution is 0.102. The van der Waals surface area contributed by atoms with Crippen molar-refractivity contribution >= 4 is 11.6 Å². The van der Waals surface area contributed by atoms with Gasteiger partial charge in [-0.1, -0.05) is 36.4 Å². The van der Waals surface area contributed by atoms with Gasteiger partial charge in [-0.05, 0) is 30.2 Å². The zero-order chi connectivity index (χ0) is 13.0. The van der Waals surface area contributed by atoms with Gasteiger partial charge < -0.3 is 10.4 Å². The van der Waals surface area contributed by atoms with E-state index in [0.717, 1.165) is 11.3 Å². The second-order valence-electron chi connectivity index (χ2n) is 4.09. The molecule has 0 aromatic heterocycles. The molecule has 2 N–H and O–H groups in total. The number of aryl methyl sites for hydroxylation is 1. The van der Waals surface area contributed by atoms with Crippen molar-refractivity contribution in [1.82, 2.24) is 0 Å². The van der Waals surface area contributed by atoms with E-state index in [4.69, 9.17) is 0 Å². The smallest absolute Gasteiger partial charge is 0.256 e. The minimum atomic E-state index is -0.191. The van der Waals surface area contributed by atoms with Gasteiger partial charge in [0.05, 0.1) is 6.61 Å². The Morgan fingerprint density at radius 1 is 1.11 bits per heavy atom. The highest BCUT2D eigenvalue weighted by atomic mass is 16.3. The van der Waals surface area contributed by atoms with Crippen LogP contribution in [0, 0.1) is 6.92 Å². The van der Waals surface area contributed by atoms with Crippen LogP contribution in [0.1, 0.15) is 21.5 Å². The molecule has 18 heavy (non-hydrogen) atoms. The van der Waals surface area contributed by atoms with Crippen molar-refractivity contribution in [1.29, 1.82) is 0 Å². The number of hydrogen-bond donors (Lipinski definition) is 2. The first-order chi connectivity index (χ1) is 8.72. The molecule has 0 saturated carbocycles. The number of benzene rings is 2. The third-order valence-corrected chi connectivity index (χ3v) is 2.79. The first kappa shape index (κ1) is 12.3. The van der Waals surface area contributed by atoms with Gasteiger partial charge in [-0.2, -0.15) is 0 Å². The molecule has 0 aliphatic heterocycles. The van der Waals surface area contributed by atoms with Gasteiger partial charge in [0, 0.05) is 11.3 Å². The third-order valence-electron chi connectivity index (χ3n) is 2.79. The average Bonchev–Trinajstić information content (AvgIpc) is 2.39. The van der Waals surface area contributed by atoms with Crippen LogP contribution in [0.5, 0.6) is 0 Å². The molecule has 0 unspecified atom stereocenters. The summed E-state index contributed by atoms with van der Waals surface area (Å²) in [5.74, 6) is -0.191. The van der Waals surface area contributed by atoms with Crippen LogP contribution >= 0.6 is 0 Å². The topological polar surface area (TPSA) is 49.3 Å². The number of nitrogens with one attached hydrogen (secondary N) is 1. The molecule has 1 amide bonds. The van der Waals surface area contributed by atoms with Crippen LogP contribution in [0.2, 0.25) is 0 Å². The molecule has 0 aliphatic carbocycles. The van der Waals surface area contributed by atoms with Gasteiger partial charge in [-0.25, -0.2) is 0 Å². The molecule has 0 saturated heterocycles. The summed E-state index contributed by atoms with van der Waals surface area (Å²) in [6.07, 6.45) is 0. The molecule has 3 nitrogen and oxygen atoms in total. The van der Waals surface area contributed by atoms with Gasteiger partial charge in [-0.15, -0.1) is 0 Å². The van der Waals surface area contributed by atoms with Crippen LogP contribution in [0.3, 0.4) is 0 Å². The Labute approximate surface area is 106 Å². The molecule has 0 fully saturated rings. The number of rotatable bonds is 3. The van der Waals surface area contributed by atoms with E-state index in [1.807, 2.05) is 49.4 Å². The predicted molar refractivity (Wildman–Crippen MR) is 71.5 cm³/mol. The van der Waals surface area contributed by atoms with Crippen LogP contribution in [-0.2, 0) is 6.61 Å². The maximum atomic E-state index is 12.2. The van der Waals surface area contributed by atoms with Gasteiger partial charge in [0.25, 0.3) is 5.91 Å². The minimum absolute atomic E-state index is 0.140. The highest BCUT2D eigenvalue weighted by Crippen LogP contribution is 2.16. The minimum Gasteiger partial charge on any atom is -0.392 e. The van der Waals surface area contributed by atoms with Crippen molar-refractivity contribution in [3.8, 4) is 0 Å². The molecule has 2 rings (SSSR count). The van der Waals surface area contributed by atoms with Crippen molar-refractivity contribution < 1.29 is 9.90 Å². The van der Waals surface area contributed by atoms with Crippen LogP contribution < -0.4 is 5.32 Å². The fourth-order valence-corrected chi connectivity index (χ4v) is 1.90. The van der Waals surface area contributed by atoms with E-state index in [-0.39, 0.29) is 12.5 Å².